The average molecular weight is 377 g/mol. The van der Waals surface area contributed by atoms with Crippen LogP contribution in [0.2, 0.25) is 0 Å². The Morgan fingerprint density at radius 2 is 2.08 bits per heavy atom. The molecule has 2 aromatic rings. The van der Waals surface area contributed by atoms with Crippen molar-refractivity contribution in [2.75, 3.05) is 18.6 Å². The fourth-order valence-electron chi connectivity index (χ4n) is 2.59. The number of amides is 1. The number of carbonyl (C=O) groups is 1. The molecule has 1 N–H and O–H groups in total. The summed E-state index contributed by atoms with van der Waals surface area (Å²) < 4.78 is 9.76. The number of methoxy groups -OCH3 is 1. The van der Waals surface area contributed by atoms with Crippen molar-refractivity contribution in [2.24, 2.45) is 0 Å². The predicted octanol–water partition coefficient (Wildman–Crippen LogP) is 3.27. The third-order valence-corrected chi connectivity index (χ3v) is 4.64. The van der Waals surface area contributed by atoms with Crippen LogP contribution in [0.5, 0.6) is 5.75 Å². The van der Waals surface area contributed by atoms with Crippen molar-refractivity contribution >= 4 is 22.6 Å². The maximum atomic E-state index is 11.9. The van der Waals surface area contributed by atoms with Gasteiger partial charge in [-0.2, -0.15) is 4.37 Å². The Labute approximate surface area is 159 Å². The van der Waals surface area contributed by atoms with Crippen molar-refractivity contribution in [3.8, 4) is 5.75 Å². The molecule has 7 heteroatoms. The molecule has 0 saturated carbocycles. The summed E-state index contributed by atoms with van der Waals surface area (Å²) in [5.74, 6) is 1.68. The van der Waals surface area contributed by atoms with Gasteiger partial charge in [-0.1, -0.05) is 12.1 Å². The molecule has 0 aliphatic carbocycles. The fourth-order valence-corrected chi connectivity index (χ4v) is 3.43. The van der Waals surface area contributed by atoms with E-state index in [0.717, 1.165) is 22.3 Å². The highest BCUT2D eigenvalue weighted by molar-refractivity contribution is 7.09. The van der Waals surface area contributed by atoms with E-state index in [-0.39, 0.29) is 18.0 Å². The number of carbonyl (C=O) groups excluding carboxylic acids is 1. The topological polar surface area (TPSA) is 67.3 Å². The van der Waals surface area contributed by atoms with Gasteiger partial charge in [-0.15, -0.1) is 0 Å². The summed E-state index contributed by atoms with van der Waals surface area (Å²) in [5, 5.41) is 3.78. The van der Waals surface area contributed by atoms with Crippen LogP contribution < -0.4 is 15.0 Å². The molecule has 142 valence electrons. The molecular weight excluding hydrogens is 348 g/mol. The van der Waals surface area contributed by atoms with Gasteiger partial charge in [0, 0.05) is 43.0 Å². The van der Waals surface area contributed by atoms with E-state index in [9.17, 15) is 4.79 Å². The van der Waals surface area contributed by atoms with E-state index in [4.69, 9.17) is 4.74 Å². The van der Waals surface area contributed by atoms with Gasteiger partial charge in [-0.3, -0.25) is 4.79 Å². The number of benzene rings is 1. The first-order valence-electron chi connectivity index (χ1n) is 8.90. The fraction of sp³-hybridized carbons (Fsp3) is 0.526. The van der Waals surface area contributed by atoms with Crippen LogP contribution in [0.25, 0.3) is 0 Å². The third-order valence-electron chi connectivity index (χ3n) is 3.85. The lowest BCUT2D eigenvalue weighted by molar-refractivity contribution is -0.121. The van der Waals surface area contributed by atoms with E-state index in [1.165, 1.54) is 11.5 Å². The van der Waals surface area contributed by atoms with Gasteiger partial charge in [0.15, 0.2) is 0 Å². The highest BCUT2D eigenvalue weighted by Crippen LogP contribution is 2.22. The van der Waals surface area contributed by atoms with Crippen molar-refractivity contribution in [1.29, 1.82) is 0 Å². The summed E-state index contributed by atoms with van der Waals surface area (Å²) in [7, 11) is 1.66. The Bertz CT molecular complexity index is 715. The second-order valence-electron chi connectivity index (χ2n) is 6.78. The van der Waals surface area contributed by atoms with Gasteiger partial charge >= 0.3 is 0 Å². The van der Waals surface area contributed by atoms with Crippen LogP contribution in [0.15, 0.2) is 24.3 Å². The first-order valence-corrected chi connectivity index (χ1v) is 9.68. The predicted molar refractivity (Wildman–Crippen MR) is 106 cm³/mol. The summed E-state index contributed by atoms with van der Waals surface area (Å²) in [6.07, 6.45) is 1.11. The van der Waals surface area contributed by atoms with E-state index < -0.39 is 0 Å². The van der Waals surface area contributed by atoms with Gasteiger partial charge < -0.3 is 15.0 Å². The Morgan fingerprint density at radius 3 is 2.73 bits per heavy atom. The lowest BCUT2D eigenvalue weighted by Crippen LogP contribution is -2.37. The van der Waals surface area contributed by atoms with Crippen molar-refractivity contribution in [1.82, 2.24) is 14.7 Å². The van der Waals surface area contributed by atoms with Crippen LogP contribution in [0.3, 0.4) is 0 Å². The first kappa shape index (κ1) is 20.2. The molecule has 0 saturated heterocycles. The van der Waals surface area contributed by atoms with Crippen molar-refractivity contribution in [3.63, 3.8) is 0 Å². The zero-order valence-electron chi connectivity index (χ0n) is 16.2. The van der Waals surface area contributed by atoms with E-state index >= 15 is 0 Å². The molecule has 0 unspecified atom stereocenters. The minimum atomic E-state index is 0.0618. The molecule has 1 aromatic heterocycles. The smallest absolute Gasteiger partial charge is 0.221 e. The number of hydrogen-bond acceptors (Lipinski definition) is 6. The highest BCUT2D eigenvalue weighted by Gasteiger charge is 2.17. The lowest BCUT2D eigenvalue weighted by Gasteiger charge is -2.25. The van der Waals surface area contributed by atoms with Crippen LogP contribution in [0.1, 0.15) is 45.5 Å². The zero-order valence-corrected chi connectivity index (χ0v) is 17.0. The van der Waals surface area contributed by atoms with Gasteiger partial charge in [0.1, 0.15) is 11.6 Å². The van der Waals surface area contributed by atoms with Crippen LogP contribution in [0, 0.1) is 0 Å². The third kappa shape index (κ3) is 5.98. The SMILES string of the molecule is COc1cccc(Cc2nsc(N(CCC(=O)NC(C)C)C(C)C)n2)c1. The van der Waals surface area contributed by atoms with Crippen LogP contribution >= 0.6 is 11.5 Å². The lowest BCUT2D eigenvalue weighted by atomic mass is 10.1. The van der Waals surface area contributed by atoms with Crippen molar-refractivity contribution < 1.29 is 9.53 Å². The second-order valence-corrected chi connectivity index (χ2v) is 7.51. The molecule has 2 rings (SSSR count). The maximum Gasteiger partial charge on any atom is 0.221 e. The molecule has 1 amide bonds. The largest absolute Gasteiger partial charge is 0.497 e. The normalized spacial score (nSPS) is 11.0. The molecule has 0 aliphatic heterocycles. The molecular formula is C19H28N4O2S. The van der Waals surface area contributed by atoms with E-state index in [1.807, 2.05) is 38.1 Å². The van der Waals surface area contributed by atoms with Gasteiger partial charge in [-0.25, -0.2) is 4.98 Å². The molecule has 0 atom stereocenters. The van der Waals surface area contributed by atoms with E-state index in [0.29, 0.717) is 19.4 Å². The quantitative estimate of drug-likeness (QED) is 0.727. The summed E-state index contributed by atoms with van der Waals surface area (Å²) in [6, 6.07) is 8.34. The number of aromatic nitrogens is 2. The number of hydrogen-bond donors (Lipinski definition) is 1. The number of nitrogens with one attached hydrogen (secondary N) is 1. The Hall–Kier alpha value is -2.15. The first-order chi connectivity index (χ1) is 12.4. The highest BCUT2D eigenvalue weighted by atomic mass is 32.1. The van der Waals surface area contributed by atoms with Gasteiger partial charge in [0.2, 0.25) is 11.0 Å². The van der Waals surface area contributed by atoms with E-state index in [2.05, 4.69) is 33.4 Å². The molecule has 6 nitrogen and oxygen atoms in total. The molecule has 26 heavy (non-hydrogen) atoms. The van der Waals surface area contributed by atoms with Gasteiger partial charge in [-0.05, 0) is 45.4 Å². The van der Waals surface area contributed by atoms with Crippen LogP contribution in [-0.2, 0) is 11.2 Å². The Kier molecular flexibility index (Phi) is 7.38. The molecule has 0 radical (unpaired) electrons. The monoisotopic (exact) mass is 376 g/mol. The van der Waals surface area contributed by atoms with Gasteiger partial charge in [0.25, 0.3) is 0 Å². The van der Waals surface area contributed by atoms with Crippen LogP contribution in [-0.4, -0.2) is 41.0 Å². The molecule has 0 bridgehead atoms. The van der Waals surface area contributed by atoms with Gasteiger partial charge in [0.05, 0.1) is 7.11 Å². The Balaban J connectivity index is 2.03. The summed E-state index contributed by atoms with van der Waals surface area (Å²) in [4.78, 5) is 18.8. The van der Waals surface area contributed by atoms with Crippen molar-refractivity contribution in [2.45, 2.75) is 52.6 Å². The maximum absolute atomic E-state index is 11.9. The molecule has 1 aromatic carbocycles. The summed E-state index contributed by atoms with van der Waals surface area (Å²) in [5.41, 5.74) is 1.11. The summed E-state index contributed by atoms with van der Waals surface area (Å²) in [6.45, 7) is 8.76. The molecule has 1 heterocycles. The average Bonchev–Trinajstić information content (AvgIpc) is 3.02. The van der Waals surface area contributed by atoms with E-state index in [1.54, 1.807) is 7.11 Å². The number of ether oxygens (including phenoxy) is 1. The minimum Gasteiger partial charge on any atom is -0.497 e. The molecule has 0 spiro atoms. The number of rotatable bonds is 9. The minimum absolute atomic E-state index is 0.0618. The number of anilines is 1. The Morgan fingerprint density at radius 1 is 1.31 bits per heavy atom. The number of nitrogens with zero attached hydrogens (tertiary/aromatic N) is 3. The summed E-state index contributed by atoms with van der Waals surface area (Å²) >= 11 is 1.38. The van der Waals surface area contributed by atoms with Crippen molar-refractivity contribution in [3.05, 3.63) is 35.7 Å². The van der Waals surface area contributed by atoms with Crippen LogP contribution in [0.4, 0.5) is 5.13 Å². The molecule has 0 fully saturated rings. The zero-order chi connectivity index (χ0) is 19.1. The second kappa shape index (κ2) is 9.52. The standard InChI is InChI=1S/C19H28N4O2S/c1-13(2)20-18(24)9-10-23(14(3)4)19-21-17(22-26-19)12-15-7-6-8-16(11-15)25-5/h6-8,11,13-14H,9-10,12H2,1-5H3,(H,20,24). The molecule has 0 aliphatic rings.